The molecule has 12 heavy (non-hydrogen) atoms. The largest absolute Gasteiger partial charge is 0.465 e. The highest BCUT2D eigenvalue weighted by atomic mass is 16.6. The molecule has 1 N–H and O–H groups in total. The van der Waals surface area contributed by atoms with Crippen molar-refractivity contribution in [1.82, 2.24) is 0 Å². The Hall–Kier alpha value is -1.35. The molecule has 3 nitrogen and oxygen atoms in total. The van der Waals surface area contributed by atoms with Crippen molar-refractivity contribution in [3.8, 4) is 5.75 Å². The maximum Gasteiger partial charge on any atom is 0.194 e. The molecule has 64 valence electrons. The highest BCUT2D eigenvalue weighted by Gasteiger charge is 2.03. The van der Waals surface area contributed by atoms with Crippen LogP contribution >= 0.6 is 0 Å². The minimum atomic E-state index is -0.897. The Balaban J connectivity index is 2.89. The molecule has 0 radical (unpaired) electrons. The van der Waals surface area contributed by atoms with Crippen LogP contribution in [0.4, 0.5) is 0 Å². The van der Waals surface area contributed by atoms with Crippen LogP contribution in [0.5, 0.6) is 5.75 Å². The summed E-state index contributed by atoms with van der Waals surface area (Å²) in [6, 6.07) is 6.74. The molecule has 0 amide bonds. The van der Waals surface area contributed by atoms with Gasteiger partial charge in [0.05, 0.1) is 5.56 Å². The van der Waals surface area contributed by atoms with E-state index in [0.29, 0.717) is 17.6 Å². The van der Waals surface area contributed by atoms with Gasteiger partial charge in [0.1, 0.15) is 5.75 Å². The van der Waals surface area contributed by atoms with Crippen molar-refractivity contribution in [1.29, 1.82) is 0 Å². The molecule has 0 fully saturated rings. The Morgan fingerprint density at radius 3 is 2.75 bits per heavy atom. The molecular formula is C9H10O3. The van der Waals surface area contributed by atoms with E-state index in [1.807, 2.05) is 0 Å². The zero-order valence-electron chi connectivity index (χ0n) is 6.73. The van der Waals surface area contributed by atoms with Gasteiger partial charge in [0, 0.05) is 0 Å². The topological polar surface area (TPSA) is 46.5 Å². The highest BCUT2D eigenvalue weighted by Crippen LogP contribution is 2.16. The second kappa shape index (κ2) is 3.88. The molecule has 1 unspecified atom stereocenters. The van der Waals surface area contributed by atoms with E-state index in [2.05, 4.69) is 0 Å². The van der Waals surface area contributed by atoms with Crippen molar-refractivity contribution in [2.45, 2.75) is 13.2 Å². The lowest BCUT2D eigenvalue weighted by molar-refractivity contribution is -0.000628. The number of aliphatic hydroxyl groups is 1. The summed E-state index contributed by atoms with van der Waals surface area (Å²) < 4.78 is 4.96. The lowest BCUT2D eigenvalue weighted by Gasteiger charge is -2.09. The third kappa shape index (κ3) is 2.07. The maximum atomic E-state index is 10.4. The average Bonchev–Trinajstić information content (AvgIpc) is 2.04. The molecule has 0 aliphatic carbocycles. The summed E-state index contributed by atoms with van der Waals surface area (Å²) in [7, 11) is 0. The first-order chi connectivity index (χ1) is 5.74. The predicted octanol–water partition coefficient (Wildman–Crippen LogP) is 1.22. The standard InChI is InChI=1S/C9H10O3/c1-7(11)12-9-5-3-2-4-8(9)6-10/h2-7,11H,1H3. The number of ether oxygens (including phenoxy) is 1. The molecule has 0 aromatic heterocycles. The van der Waals surface area contributed by atoms with E-state index in [4.69, 9.17) is 9.84 Å². The highest BCUT2D eigenvalue weighted by molar-refractivity contribution is 5.79. The minimum absolute atomic E-state index is 0.405. The first-order valence-corrected chi connectivity index (χ1v) is 3.63. The number of aliphatic hydroxyl groups excluding tert-OH is 1. The van der Waals surface area contributed by atoms with Crippen LogP contribution in [0.1, 0.15) is 17.3 Å². The van der Waals surface area contributed by atoms with Crippen LogP contribution in [0.2, 0.25) is 0 Å². The van der Waals surface area contributed by atoms with Gasteiger partial charge in [-0.05, 0) is 19.1 Å². The minimum Gasteiger partial charge on any atom is -0.465 e. The fourth-order valence-electron chi connectivity index (χ4n) is 0.869. The maximum absolute atomic E-state index is 10.4. The normalized spacial score (nSPS) is 12.2. The number of benzene rings is 1. The van der Waals surface area contributed by atoms with Crippen molar-refractivity contribution in [2.24, 2.45) is 0 Å². The summed E-state index contributed by atoms with van der Waals surface area (Å²) in [4.78, 5) is 10.4. The van der Waals surface area contributed by atoms with Gasteiger partial charge in [-0.3, -0.25) is 4.79 Å². The molecule has 1 atom stereocenters. The van der Waals surface area contributed by atoms with Crippen LogP contribution < -0.4 is 4.74 Å². The van der Waals surface area contributed by atoms with Crippen LogP contribution in [0.15, 0.2) is 24.3 Å². The molecule has 0 spiro atoms. The van der Waals surface area contributed by atoms with Crippen molar-refractivity contribution < 1.29 is 14.6 Å². The fraction of sp³-hybridized carbons (Fsp3) is 0.222. The molecular weight excluding hydrogens is 156 g/mol. The summed E-state index contributed by atoms with van der Waals surface area (Å²) in [5.41, 5.74) is 0.443. The van der Waals surface area contributed by atoms with Crippen molar-refractivity contribution in [2.75, 3.05) is 0 Å². The molecule has 0 saturated heterocycles. The van der Waals surface area contributed by atoms with E-state index in [-0.39, 0.29) is 0 Å². The number of hydrogen-bond donors (Lipinski definition) is 1. The van der Waals surface area contributed by atoms with E-state index in [1.165, 1.54) is 6.92 Å². The first kappa shape index (κ1) is 8.74. The average molecular weight is 166 g/mol. The summed E-state index contributed by atoms with van der Waals surface area (Å²) >= 11 is 0. The van der Waals surface area contributed by atoms with E-state index < -0.39 is 6.29 Å². The summed E-state index contributed by atoms with van der Waals surface area (Å²) in [6.07, 6.45) is -0.205. The Kier molecular flexibility index (Phi) is 2.82. The van der Waals surface area contributed by atoms with Crippen molar-refractivity contribution >= 4 is 6.29 Å². The Morgan fingerprint density at radius 1 is 1.50 bits per heavy atom. The van der Waals surface area contributed by atoms with Crippen LogP contribution in [0.25, 0.3) is 0 Å². The molecule has 0 aliphatic heterocycles. The number of para-hydroxylation sites is 1. The van der Waals surface area contributed by atoms with E-state index >= 15 is 0 Å². The first-order valence-electron chi connectivity index (χ1n) is 3.63. The van der Waals surface area contributed by atoms with E-state index in [1.54, 1.807) is 24.3 Å². The summed E-state index contributed by atoms with van der Waals surface area (Å²) in [6.45, 7) is 1.49. The van der Waals surface area contributed by atoms with Gasteiger partial charge in [0.2, 0.25) is 0 Å². The molecule has 3 heteroatoms. The van der Waals surface area contributed by atoms with Crippen LogP contribution in [0, 0.1) is 0 Å². The lowest BCUT2D eigenvalue weighted by atomic mass is 10.2. The van der Waals surface area contributed by atoms with Crippen molar-refractivity contribution in [3.63, 3.8) is 0 Å². The molecule has 0 saturated carbocycles. The number of carbonyl (C=O) groups excluding carboxylic acids is 1. The number of carbonyl (C=O) groups is 1. The zero-order chi connectivity index (χ0) is 8.97. The van der Waals surface area contributed by atoms with E-state index in [9.17, 15) is 4.79 Å². The van der Waals surface area contributed by atoms with Gasteiger partial charge in [-0.2, -0.15) is 0 Å². The quantitative estimate of drug-likeness (QED) is 0.542. The molecule has 1 rings (SSSR count). The molecule has 0 heterocycles. The Labute approximate surface area is 70.6 Å². The Morgan fingerprint density at radius 2 is 2.17 bits per heavy atom. The Bertz CT molecular complexity index is 268. The van der Waals surface area contributed by atoms with Crippen LogP contribution in [0.3, 0.4) is 0 Å². The molecule has 0 bridgehead atoms. The second-order valence-electron chi connectivity index (χ2n) is 2.37. The number of aldehydes is 1. The van der Waals surface area contributed by atoms with Gasteiger partial charge in [-0.25, -0.2) is 0 Å². The molecule has 1 aromatic rings. The lowest BCUT2D eigenvalue weighted by Crippen LogP contribution is -2.10. The van der Waals surface area contributed by atoms with Gasteiger partial charge in [-0.1, -0.05) is 12.1 Å². The third-order valence-electron chi connectivity index (χ3n) is 1.34. The number of hydrogen-bond acceptors (Lipinski definition) is 3. The van der Waals surface area contributed by atoms with Gasteiger partial charge < -0.3 is 9.84 Å². The van der Waals surface area contributed by atoms with E-state index in [0.717, 1.165) is 0 Å². The predicted molar refractivity (Wildman–Crippen MR) is 44.1 cm³/mol. The fourth-order valence-corrected chi connectivity index (χ4v) is 0.869. The smallest absolute Gasteiger partial charge is 0.194 e. The monoisotopic (exact) mass is 166 g/mol. The van der Waals surface area contributed by atoms with Crippen molar-refractivity contribution in [3.05, 3.63) is 29.8 Å². The SMILES string of the molecule is CC(O)Oc1ccccc1C=O. The van der Waals surface area contributed by atoms with Crippen LogP contribution in [-0.4, -0.2) is 17.7 Å². The van der Waals surface area contributed by atoms with Crippen LogP contribution in [-0.2, 0) is 0 Å². The third-order valence-corrected chi connectivity index (χ3v) is 1.34. The second-order valence-corrected chi connectivity index (χ2v) is 2.37. The number of rotatable bonds is 3. The van der Waals surface area contributed by atoms with Gasteiger partial charge >= 0.3 is 0 Å². The van der Waals surface area contributed by atoms with Gasteiger partial charge in [0.25, 0.3) is 0 Å². The summed E-state index contributed by atoms with van der Waals surface area (Å²) in [5, 5.41) is 8.89. The molecule has 1 aromatic carbocycles. The van der Waals surface area contributed by atoms with Gasteiger partial charge in [-0.15, -0.1) is 0 Å². The molecule has 0 aliphatic rings. The summed E-state index contributed by atoms with van der Waals surface area (Å²) in [5.74, 6) is 0.405. The van der Waals surface area contributed by atoms with Gasteiger partial charge in [0.15, 0.2) is 12.6 Å². The zero-order valence-corrected chi connectivity index (χ0v) is 6.73.